The molecule has 0 spiro atoms. The van der Waals surface area contributed by atoms with Gasteiger partial charge in [0, 0.05) is 18.1 Å². The van der Waals surface area contributed by atoms with Crippen molar-refractivity contribution in [2.75, 3.05) is 26.7 Å². The second kappa shape index (κ2) is 6.55. The molecule has 1 fully saturated rings. The maximum absolute atomic E-state index is 6.00. The topological polar surface area (TPSA) is 15.3 Å². The first-order valence-corrected chi connectivity index (χ1v) is 7.19. The fourth-order valence-electron chi connectivity index (χ4n) is 2.83. The van der Waals surface area contributed by atoms with E-state index in [0.29, 0.717) is 0 Å². The number of piperidine rings is 1. The molecule has 0 amide bonds. The van der Waals surface area contributed by atoms with E-state index in [-0.39, 0.29) is 0 Å². The predicted octanol–water partition coefficient (Wildman–Crippen LogP) is 3.08. The first-order chi connectivity index (χ1) is 8.69. The molecule has 2 rings (SSSR count). The van der Waals surface area contributed by atoms with Crippen LogP contribution in [0.5, 0.6) is 0 Å². The zero-order chi connectivity index (χ0) is 13.0. The van der Waals surface area contributed by atoms with Gasteiger partial charge in [0.05, 0.1) is 0 Å². The Labute approximate surface area is 115 Å². The quantitative estimate of drug-likeness (QED) is 0.901. The van der Waals surface area contributed by atoms with Crippen molar-refractivity contribution in [1.82, 2.24) is 10.2 Å². The Kier molecular flexibility index (Phi) is 5.04. The molecule has 0 bridgehead atoms. The highest BCUT2D eigenvalue weighted by Gasteiger charge is 2.19. The van der Waals surface area contributed by atoms with Crippen LogP contribution in [0.2, 0.25) is 5.02 Å². The smallest absolute Gasteiger partial charge is 0.0408 e. The van der Waals surface area contributed by atoms with Crippen molar-refractivity contribution in [3.63, 3.8) is 0 Å². The van der Waals surface area contributed by atoms with Crippen molar-refractivity contribution in [2.24, 2.45) is 5.92 Å². The highest BCUT2D eigenvalue weighted by atomic mass is 35.5. The summed E-state index contributed by atoms with van der Waals surface area (Å²) in [6.45, 7) is 6.78. The van der Waals surface area contributed by atoms with Gasteiger partial charge in [-0.15, -0.1) is 0 Å². The van der Waals surface area contributed by atoms with Crippen molar-refractivity contribution < 1.29 is 0 Å². The molecule has 1 unspecified atom stereocenters. The summed E-state index contributed by atoms with van der Waals surface area (Å²) in [7, 11) is 2.04. The maximum Gasteiger partial charge on any atom is 0.0408 e. The van der Waals surface area contributed by atoms with E-state index in [2.05, 4.69) is 29.3 Å². The molecule has 0 aromatic heterocycles. The minimum Gasteiger partial charge on any atom is -0.319 e. The molecule has 3 heteroatoms. The van der Waals surface area contributed by atoms with Gasteiger partial charge in [0.1, 0.15) is 0 Å². The molecular weight excluding hydrogens is 244 g/mol. The van der Waals surface area contributed by atoms with Gasteiger partial charge in [0.2, 0.25) is 0 Å². The van der Waals surface area contributed by atoms with Gasteiger partial charge in [-0.2, -0.15) is 0 Å². The van der Waals surface area contributed by atoms with Crippen LogP contribution in [0.4, 0.5) is 0 Å². The van der Waals surface area contributed by atoms with Crippen LogP contribution in [0.15, 0.2) is 18.2 Å². The Morgan fingerprint density at radius 3 is 3.00 bits per heavy atom. The van der Waals surface area contributed by atoms with Gasteiger partial charge >= 0.3 is 0 Å². The van der Waals surface area contributed by atoms with Crippen LogP contribution < -0.4 is 5.32 Å². The average Bonchev–Trinajstić information content (AvgIpc) is 2.34. The van der Waals surface area contributed by atoms with Crippen molar-refractivity contribution in [2.45, 2.75) is 26.3 Å². The second-order valence-corrected chi connectivity index (χ2v) is 5.81. The number of rotatable bonds is 4. The van der Waals surface area contributed by atoms with Crippen LogP contribution in [-0.4, -0.2) is 31.6 Å². The van der Waals surface area contributed by atoms with E-state index in [1.165, 1.54) is 37.1 Å². The molecule has 1 aliphatic heterocycles. The number of hydrogen-bond donors (Lipinski definition) is 1. The highest BCUT2D eigenvalue weighted by Crippen LogP contribution is 2.21. The Bertz CT molecular complexity index is 390. The maximum atomic E-state index is 6.00. The Balaban J connectivity index is 1.96. The van der Waals surface area contributed by atoms with Crippen LogP contribution >= 0.6 is 11.6 Å². The summed E-state index contributed by atoms with van der Waals surface area (Å²) in [6, 6.07) is 6.23. The highest BCUT2D eigenvalue weighted by molar-refractivity contribution is 6.30. The third kappa shape index (κ3) is 3.71. The molecule has 1 N–H and O–H groups in total. The molecule has 0 saturated carbocycles. The van der Waals surface area contributed by atoms with Crippen molar-refractivity contribution in [3.8, 4) is 0 Å². The second-order valence-electron chi connectivity index (χ2n) is 5.37. The molecule has 1 aromatic carbocycles. The molecule has 2 nitrogen and oxygen atoms in total. The number of benzene rings is 1. The summed E-state index contributed by atoms with van der Waals surface area (Å²) >= 11 is 6.00. The lowest BCUT2D eigenvalue weighted by Crippen LogP contribution is -2.38. The van der Waals surface area contributed by atoms with Gasteiger partial charge in [-0.1, -0.05) is 17.7 Å². The molecule has 1 saturated heterocycles. The van der Waals surface area contributed by atoms with Crippen molar-refractivity contribution in [1.29, 1.82) is 0 Å². The van der Waals surface area contributed by atoms with E-state index >= 15 is 0 Å². The summed E-state index contributed by atoms with van der Waals surface area (Å²) in [5.41, 5.74) is 2.71. The van der Waals surface area contributed by atoms with E-state index in [9.17, 15) is 0 Å². The van der Waals surface area contributed by atoms with E-state index < -0.39 is 0 Å². The van der Waals surface area contributed by atoms with Crippen LogP contribution in [0.3, 0.4) is 0 Å². The van der Waals surface area contributed by atoms with E-state index in [1.54, 1.807) is 0 Å². The average molecular weight is 267 g/mol. The van der Waals surface area contributed by atoms with Crippen LogP contribution in [-0.2, 0) is 6.54 Å². The molecule has 100 valence electrons. The molecule has 0 aliphatic carbocycles. The van der Waals surface area contributed by atoms with Crippen LogP contribution in [0.1, 0.15) is 24.0 Å². The molecule has 18 heavy (non-hydrogen) atoms. The van der Waals surface area contributed by atoms with Gasteiger partial charge in [0.25, 0.3) is 0 Å². The Morgan fingerprint density at radius 1 is 1.44 bits per heavy atom. The summed E-state index contributed by atoms with van der Waals surface area (Å²) in [5, 5.41) is 4.13. The first-order valence-electron chi connectivity index (χ1n) is 6.81. The molecule has 0 radical (unpaired) electrons. The molecule has 1 heterocycles. The number of likely N-dealkylation sites (tertiary alicyclic amines) is 1. The predicted molar refractivity (Wildman–Crippen MR) is 78.1 cm³/mol. The summed E-state index contributed by atoms with van der Waals surface area (Å²) in [6.07, 6.45) is 2.68. The van der Waals surface area contributed by atoms with Crippen LogP contribution in [0.25, 0.3) is 0 Å². The lowest BCUT2D eigenvalue weighted by atomic mass is 9.97. The number of nitrogens with one attached hydrogen (secondary N) is 1. The first kappa shape index (κ1) is 13.9. The van der Waals surface area contributed by atoms with Gasteiger partial charge < -0.3 is 5.32 Å². The van der Waals surface area contributed by atoms with Gasteiger partial charge in [-0.3, -0.25) is 4.90 Å². The van der Waals surface area contributed by atoms with E-state index in [0.717, 1.165) is 24.0 Å². The third-order valence-electron chi connectivity index (χ3n) is 3.79. The van der Waals surface area contributed by atoms with Crippen LogP contribution in [0, 0.1) is 12.8 Å². The normalized spacial score (nSPS) is 21.2. The molecule has 1 aliphatic rings. The lowest BCUT2D eigenvalue weighted by Gasteiger charge is -2.33. The number of nitrogens with zero attached hydrogens (tertiary/aromatic N) is 1. The lowest BCUT2D eigenvalue weighted by molar-refractivity contribution is 0.166. The number of hydrogen-bond acceptors (Lipinski definition) is 2. The van der Waals surface area contributed by atoms with Crippen molar-refractivity contribution in [3.05, 3.63) is 34.3 Å². The SMILES string of the molecule is CNCC1CCCN(Cc2ccc(Cl)cc2C)C1. The largest absolute Gasteiger partial charge is 0.319 e. The third-order valence-corrected chi connectivity index (χ3v) is 4.03. The Hall–Kier alpha value is -0.570. The fraction of sp³-hybridized carbons (Fsp3) is 0.600. The van der Waals surface area contributed by atoms with Gasteiger partial charge in [0.15, 0.2) is 0 Å². The summed E-state index contributed by atoms with van der Waals surface area (Å²) in [4.78, 5) is 2.57. The Morgan fingerprint density at radius 2 is 2.28 bits per heavy atom. The molecular formula is C15H23ClN2. The number of aryl methyl sites for hydroxylation is 1. The van der Waals surface area contributed by atoms with Gasteiger partial charge in [-0.05, 0) is 69.1 Å². The standard InChI is InChI=1S/C15H23ClN2/c1-12-8-15(16)6-5-14(12)11-18-7-3-4-13(10-18)9-17-2/h5-6,8,13,17H,3-4,7,9-11H2,1-2H3. The van der Waals surface area contributed by atoms with E-state index in [1.807, 2.05) is 13.1 Å². The summed E-state index contributed by atoms with van der Waals surface area (Å²) < 4.78 is 0. The monoisotopic (exact) mass is 266 g/mol. The minimum absolute atomic E-state index is 0.802. The van der Waals surface area contributed by atoms with Gasteiger partial charge in [-0.25, -0.2) is 0 Å². The number of halogens is 1. The molecule has 1 aromatic rings. The summed E-state index contributed by atoms with van der Waals surface area (Å²) in [5.74, 6) is 0.802. The minimum atomic E-state index is 0.802. The van der Waals surface area contributed by atoms with Crippen molar-refractivity contribution >= 4 is 11.6 Å². The molecule has 1 atom stereocenters. The zero-order valence-electron chi connectivity index (χ0n) is 11.4. The van der Waals surface area contributed by atoms with E-state index in [4.69, 9.17) is 11.6 Å². The zero-order valence-corrected chi connectivity index (χ0v) is 12.1. The fourth-order valence-corrected chi connectivity index (χ4v) is 3.05.